The van der Waals surface area contributed by atoms with Gasteiger partial charge >= 0.3 is 5.97 Å². The fraction of sp³-hybridized carbons (Fsp3) is 0.111. The Morgan fingerprint density at radius 2 is 2.04 bits per heavy atom. The summed E-state index contributed by atoms with van der Waals surface area (Å²) in [5.41, 5.74) is 4.21. The molecule has 6 heteroatoms. The number of hydrogen-bond acceptors (Lipinski definition) is 3. The van der Waals surface area contributed by atoms with Gasteiger partial charge in [-0.15, -0.1) is 0 Å². The highest BCUT2D eigenvalue weighted by Crippen LogP contribution is 2.35. The second kappa shape index (κ2) is 5.94. The van der Waals surface area contributed by atoms with Crippen molar-refractivity contribution >= 4 is 34.4 Å². The Balaban J connectivity index is 1.88. The van der Waals surface area contributed by atoms with Crippen molar-refractivity contribution in [3.8, 4) is 16.9 Å². The number of carboxylic acids is 1. The summed E-state index contributed by atoms with van der Waals surface area (Å²) in [7, 11) is 0. The molecule has 0 atom stereocenters. The molecule has 120 valence electrons. The van der Waals surface area contributed by atoms with Crippen LogP contribution in [0.25, 0.3) is 16.9 Å². The van der Waals surface area contributed by atoms with Crippen molar-refractivity contribution in [3.63, 3.8) is 0 Å². The van der Waals surface area contributed by atoms with Gasteiger partial charge in [-0.2, -0.15) is 5.10 Å². The minimum Gasteiger partial charge on any atom is -0.478 e. The van der Waals surface area contributed by atoms with E-state index in [9.17, 15) is 9.90 Å². The van der Waals surface area contributed by atoms with E-state index < -0.39 is 5.97 Å². The molecule has 0 saturated carbocycles. The molecule has 2 aromatic carbocycles. The third-order valence-electron chi connectivity index (χ3n) is 4.09. The van der Waals surface area contributed by atoms with Gasteiger partial charge in [0, 0.05) is 21.2 Å². The number of aromatic nitrogens is 2. The molecule has 1 aromatic heterocycles. The third kappa shape index (κ3) is 2.56. The van der Waals surface area contributed by atoms with E-state index in [-0.39, 0.29) is 5.56 Å². The van der Waals surface area contributed by atoms with Gasteiger partial charge in [0.2, 0.25) is 0 Å². The summed E-state index contributed by atoms with van der Waals surface area (Å²) in [5.74, 6) is 0.0119. The van der Waals surface area contributed by atoms with Gasteiger partial charge in [-0.3, -0.25) is 0 Å². The number of carboxylic acid groups (broad SMARTS) is 1. The highest BCUT2D eigenvalue weighted by Gasteiger charge is 2.24. The molecule has 2 heterocycles. The average molecular weight is 431 g/mol. The van der Waals surface area contributed by atoms with Crippen LogP contribution in [-0.2, 0) is 6.42 Å². The van der Waals surface area contributed by atoms with Crippen LogP contribution in [0.1, 0.15) is 15.9 Å². The predicted molar refractivity (Wildman–Crippen MR) is 101 cm³/mol. The van der Waals surface area contributed by atoms with E-state index >= 15 is 0 Å². The van der Waals surface area contributed by atoms with Crippen molar-refractivity contribution in [2.24, 2.45) is 0 Å². The van der Waals surface area contributed by atoms with Crippen LogP contribution in [0.2, 0.25) is 0 Å². The molecule has 24 heavy (non-hydrogen) atoms. The molecule has 1 aliphatic heterocycles. The molecule has 0 unspecified atom stereocenters. The number of nitrogens with one attached hydrogen (secondary N) is 1. The van der Waals surface area contributed by atoms with Crippen LogP contribution in [0.3, 0.4) is 0 Å². The summed E-state index contributed by atoms with van der Waals surface area (Å²) in [4.78, 5) is 11.2. The zero-order valence-electron chi connectivity index (χ0n) is 12.7. The number of hydrogen-bond donors (Lipinski definition) is 2. The van der Waals surface area contributed by atoms with Crippen LogP contribution in [0.15, 0.2) is 48.5 Å². The maximum absolute atomic E-state index is 11.2. The lowest BCUT2D eigenvalue weighted by Gasteiger charge is -2.07. The average Bonchev–Trinajstić information content (AvgIpc) is 3.17. The molecule has 0 aliphatic carbocycles. The number of fused-ring (bicyclic) bond motifs is 1. The molecule has 0 fully saturated rings. The smallest absolute Gasteiger partial charge is 0.335 e. The first-order valence-corrected chi connectivity index (χ1v) is 8.67. The molecule has 3 aromatic rings. The number of rotatable bonds is 3. The van der Waals surface area contributed by atoms with Gasteiger partial charge in [0.1, 0.15) is 5.82 Å². The minimum absolute atomic E-state index is 0.255. The minimum atomic E-state index is -0.938. The number of halogens is 1. The summed E-state index contributed by atoms with van der Waals surface area (Å²) in [6.07, 6.45) is 0.911. The van der Waals surface area contributed by atoms with Crippen LogP contribution >= 0.6 is 22.6 Å². The Labute approximate surface area is 152 Å². The quantitative estimate of drug-likeness (QED) is 0.620. The Hall–Kier alpha value is -2.35. The van der Waals surface area contributed by atoms with Gasteiger partial charge in [0.15, 0.2) is 0 Å². The maximum Gasteiger partial charge on any atom is 0.335 e. The Morgan fingerprint density at radius 1 is 1.21 bits per heavy atom. The van der Waals surface area contributed by atoms with E-state index in [0.29, 0.717) is 0 Å². The summed E-state index contributed by atoms with van der Waals surface area (Å²) in [6.45, 7) is 0.864. The van der Waals surface area contributed by atoms with Crippen molar-refractivity contribution in [2.45, 2.75) is 6.42 Å². The van der Waals surface area contributed by atoms with Gasteiger partial charge in [0.05, 0.1) is 16.9 Å². The normalized spacial score (nSPS) is 12.7. The lowest BCUT2D eigenvalue weighted by Crippen LogP contribution is -2.05. The van der Waals surface area contributed by atoms with Crippen LogP contribution < -0.4 is 5.32 Å². The van der Waals surface area contributed by atoms with E-state index in [0.717, 1.165) is 39.3 Å². The highest BCUT2D eigenvalue weighted by molar-refractivity contribution is 14.1. The molecular weight excluding hydrogens is 417 g/mol. The molecule has 2 N–H and O–H groups in total. The largest absolute Gasteiger partial charge is 0.478 e. The molecule has 5 nitrogen and oxygen atoms in total. The second-order valence-corrected chi connectivity index (χ2v) is 6.88. The summed E-state index contributed by atoms with van der Waals surface area (Å²) in [6, 6.07) is 15.1. The number of carbonyl (C=O) groups is 1. The number of anilines is 1. The monoisotopic (exact) mass is 431 g/mol. The van der Waals surface area contributed by atoms with Gasteiger partial charge in [-0.1, -0.05) is 18.2 Å². The zero-order chi connectivity index (χ0) is 16.7. The molecule has 0 amide bonds. The maximum atomic E-state index is 11.2. The number of nitrogens with zero attached hydrogens (tertiary/aromatic N) is 2. The van der Waals surface area contributed by atoms with Crippen LogP contribution in [0.5, 0.6) is 0 Å². The second-order valence-electron chi connectivity index (χ2n) is 5.63. The van der Waals surface area contributed by atoms with Crippen molar-refractivity contribution in [1.29, 1.82) is 0 Å². The summed E-state index contributed by atoms with van der Waals surface area (Å²) in [5, 5.41) is 17.4. The van der Waals surface area contributed by atoms with E-state index in [1.165, 1.54) is 5.56 Å². The third-order valence-corrected chi connectivity index (χ3v) is 4.76. The lowest BCUT2D eigenvalue weighted by atomic mass is 10.1. The molecule has 1 aliphatic rings. The van der Waals surface area contributed by atoms with Crippen molar-refractivity contribution in [2.75, 3.05) is 11.9 Å². The molecule has 0 radical (unpaired) electrons. The molecule has 0 spiro atoms. The van der Waals surface area contributed by atoms with Crippen LogP contribution in [-0.4, -0.2) is 27.4 Å². The first-order valence-electron chi connectivity index (χ1n) is 7.59. The van der Waals surface area contributed by atoms with E-state index in [1.807, 2.05) is 16.8 Å². The van der Waals surface area contributed by atoms with E-state index in [1.54, 1.807) is 18.2 Å². The zero-order valence-corrected chi connectivity index (χ0v) is 14.8. The Bertz CT molecular complexity index is 949. The van der Waals surface area contributed by atoms with Gasteiger partial charge in [0.25, 0.3) is 0 Å². The fourth-order valence-electron chi connectivity index (χ4n) is 3.00. The van der Waals surface area contributed by atoms with Gasteiger partial charge < -0.3 is 10.4 Å². The van der Waals surface area contributed by atoms with Gasteiger partial charge in [-0.05, 0) is 59.3 Å². The number of aromatic carboxylic acids is 1. The van der Waals surface area contributed by atoms with Crippen LogP contribution in [0.4, 0.5) is 5.82 Å². The molecule has 0 saturated heterocycles. The standard InChI is InChI=1S/C18H14IN3O2/c19-13-5-1-3-11(9-13)16-15-7-8-20-17(15)22(21-16)14-6-2-4-12(10-14)18(23)24/h1-6,9-10,20H,7-8H2,(H,23,24). The molecule has 0 bridgehead atoms. The van der Waals surface area contributed by atoms with Crippen molar-refractivity contribution < 1.29 is 9.90 Å². The predicted octanol–water partition coefficient (Wildman–Crippen LogP) is 3.81. The first kappa shape index (κ1) is 15.2. The Morgan fingerprint density at radius 3 is 2.83 bits per heavy atom. The van der Waals surface area contributed by atoms with Crippen LogP contribution in [0, 0.1) is 3.57 Å². The first-order chi connectivity index (χ1) is 11.6. The van der Waals surface area contributed by atoms with Gasteiger partial charge in [-0.25, -0.2) is 9.48 Å². The summed E-state index contributed by atoms with van der Waals surface area (Å²) >= 11 is 2.29. The number of benzene rings is 2. The highest BCUT2D eigenvalue weighted by atomic mass is 127. The fourth-order valence-corrected chi connectivity index (χ4v) is 3.54. The topological polar surface area (TPSA) is 67.1 Å². The van der Waals surface area contributed by atoms with E-state index in [2.05, 4.69) is 46.1 Å². The van der Waals surface area contributed by atoms with Crippen molar-refractivity contribution in [3.05, 3.63) is 63.2 Å². The SMILES string of the molecule is O=C(O)c1cccc(-n2nc(-c3cccc(I)c3)c3c2NCC3)c1. The Kier molecular flexibility index (Phi) is 3.76. The molecule has 4 rings (SSSR count). The molecular formula is C18H14IN3O2. The van der Waals surface area contributed by atoms with Crippen molar-refractivity contribution in [1.82, 2.24) is 9.78 Å². The lowest BCUT2D eigenvalue weighted by molar-refractivity contribution is 0.0697. The van der Waals surface area contributed by atoms with E-state index in [4.69, 9.17) is 5.10 Å². The summed E-state index contributed by atoms with van der Waals surface area (Å²) < 4.78 is 2.97.